The molecule has 0 aliphatic carbocycles. The maximum Gasteiger partial charge on any atom is 0.127 e. The lowest BCUT2D eigenvalue weighted by molar-refractivity contribution is 0.618. The van der Waals surface area contributed by atoms with Gasteiger partial charge in [-0.05, 0) is 38.6 Å². The van der Waals surface area contributed by atoms with E-state index in [1.807, 2.05) is 19.2 Å². The maximum atomic E-state index is 13.1. The van der Waals surface area contributed by atoms with E-state index in [1.165, 1.54) is 6.07 Å². The van der Waals surface area contributed by atoms with E-state index in [0.29, 0.717) is 10.6 Å². The van der Waals surface area contributed by atoms with Gasteiger partial charge in [-0.2, -0.15) is 0 Å². The van der Waals surface area contributed by atoms with Crippen LogP contribution in [-0.2, 0) is 0 Å². The molecule has 1 N–H and O–H groups in total. The molecule has 0 atom stereocenters. The van der Waals surface area contributed by atoms with Gasteiger partial charge in [-0.15, -0.1) is 0 Å². The summed E-state index contributed by atoms with van der Waals surface area (Å²) < 4.78 is 13.1. The quantitative estimate of drug-likeness (QED) is 0.778. The first-order valence-corrected chi connectivity index (χ1v) is 5.30. The van der Waals surface area contributed by atoms with Crippen molar-refractivity contribution in [3.63, 3.8) is 0 Å². The van der Waals surface area contributed by atoms with E-state index in [0.717, 1.165) is 18.5 Å². The van der Waals surface area contributed by atoms with Gasteiger partial charge in [-0.25, -0.2) is 4.39 Å². The van der Waals surface area contributed by atoms with Crippen LogP contribution < -0.4 is 5.32 Å². The molecule has 0 bridgehead atoms. The fourth-order valence-electron chi connectivity index (χ4n) is 1.25. The monoisotopic (exact) mass is 227 g/mol. The van der Waals surface area contributed by atoms with Crippen LogP contribution in [0.25, 0.3) is 6.08 Å². The summed E-state index contributed by atoms with van der Waals surface area (Å²) in [6.07, 6.45) is 4.88. The van der Waals surface area contributed by atoms with Gasteiger partial charge in [0.25, 0.3) is 0 Å². The molecule has 0 saturated heterocycles. The molecule has 3 heteroatoms. The largest absolute Gasteiger partial charge is 0.319 e. The minimum atomic E-state index is -0.257. The SMILES string of the molecule is CNCCC=Cc1ccc(F)c(C)c1Cl. The topological polar surface area (TPSA) is 12.0 Å². The van der Waals surface area contributed by atoms with Crippen LogP contribution in [-0.4, -0.2) is 13.6 Å². The summed E-state index contributed by atoms with van der Waals surface area (Å²) in [5.74, 6) is -0.257. The van der Waals surface area contributed by atoms with Gasteiger partial charge in [0.2, 0.25) is 0 Å². The summed E-state index contributed by atoms with van der Waals surface area (Å²) in [4.78, 5) is 0. The molecule has 82 valence electrons. The standard InChI is InChI=1S/C12H15ClFN/c1-9-11(14)7-6-10(12(9)13)5-3-4-8-15-2/h3,5-7,15H,4,8H2,1-2H3. The Morgan fingerprint density at radius 3 is 2.87 bits per heavy atom. The molecule has 1 aromatic carbocycles. The average molecular weight is 228 g/mol. The zero-order chi connectivity index (χ0) is 11.3. The van der Waals surface area contributed by atoms with Crippen LogP contribution in [0.15, 0.2) is 18.2 Å². The minimum absolute atomic E-state index is 0.257. The first kappa shape index (κ1) is 12.2. The maximum absolute atomic E-state index is 13.1. The zero-order valence-corrected chi connectivity index (χ0v) is 9.74. The number of rotatable bonds is 4. The lowest BCUT2D eigenvalue weighted by atomic mass is 10.1. The Hall–Kier alpha value is -0.860. The highest BCUT2D eigenvalue weighted by atomic mass is 35.5. The highest BCUT2D eigenvalue weighted by Crippen LogP contribution is 2.24. The van der Waals surface area contributed by atoms with Crippen LogP contribution in [0, 0.1) is 12.7 Å². The molecule has 0 amide bonds. The van der Waals surface area contributed by atoms with Crippen molar-refractivity contribution in [3.05, 3.63) is 40.2 Å². The number of hydrogen-bond acceptors (Lipinski definition) is 1. The molecular formula is C12H15ClFN. The van der Waals surface area contributed by atoms with E-state index in [9.17, 15) is 4.39 Å². The molecule has 0 aliphatic rings. The van der Waals surface area contributed by atoms with E-state index < -0.39 is 0 Å². The summed E-state index contributed by atoms with van der Waals surface area (Å²) in [6.45, 7) is 2.61. The summed E-state index contributed by atoms with van der Waals surface area (Å²) in [5, 5.41) is 3.54. The smallest absolute Gasteiger partial charge is 0.127 e. The molecule has 0 aromatic heterocycles. The minimum Gasteiger partial charge on any atom is -0.319 e. The highest BCUT2D eigenvalue weighted by Gasteiger charge is 2.04. The molecule has 0 aliphatic heterocycles. The lowest BCUT2D eigenvalue weighted by Crippen LogP contribution is -2.05. The van der Waals surface area contributed by atoms with Gasteiger partial charge in [0.1, 0.15) is 5.82 Å². The summed E-state index contributed by atoms with van der Waals surface area (Å²) in [7, 11) is 1.91. The van der Waals surface area contributed by atoms with Crippen LogP contribution in [0.5, 0.6) is 0 Å². The van der Waals surface area contributed by atoms with Gasteiger partial charge in [-0.1, -0.05) is 29.8 Å². The number of halogens is 2. The fraction of sp³-hybridized carbons (Fsp3) is 0.333. The number of nitrogens with one attached hydrogen (secondary N) is 1. The van der Waals surface area contributed by atoms with Crippen molar-refractivity contribution in [2.75, 3.05) is 13.6 Å². The predicted molar refractivity (Wildman–Crippen MR) is 63.7 cm³/mol. The highest BCUT2D eigenvalue weighted by molar-refractivity contribution is 6.32. The second kappa shape index (κ2) is 5.89. The average Bonchev–Trinajstić information content (AvgIpc) is 2.24. The molecule has 1 nitrogen and oxygen atoms in total. The van der Waals surface area contributed by atoms with Gasteiger partial charge in [0.15, 0.2) is 0 Å². The van der Waals surface area contributed by atoms with Gasteiger partial charge in [0, 0.05) is 5.56 Å². The van der Waals surface area contributed by atoms with E-state index in [1.54, 1.807) is 13.0 Å². The van der Waals surface area contributed by atoms with E-state index in [4.69, 9.17) is 11.6 Å². The Morgan fingerprint density at radius 1 is 1.47 bits per heavy atom. The third-order valence-electron chi connectivity index (χ3n) is 2.21. The molecule has 15 heavy (non-hydrogen) atoms. The molecular weight excluding hydrogens is 213 g/mol. The Labute approximate surface area is 95.0 Å². The summed E-state index contributed by atoms with van der Waals surface area (Å²) in [5.41, 5.74) is 1.37. The summed E-state index contributed by atoms with van der Waals surface area (Å²) in [6, 6.07) is 3.14. The summed E-state index contributed by atoms with van der Waals surface area (Å²) >= 11 is 6.00. The van der Waals surface area contributed by atoms with Crippen LogP contribution >= 0.6 is 11.6 Å². The van der Waals surface area contributed by atoms with Gasteiger partial charge >= 0.3 is 0 Å². The van der Waals surface area contributed by atoms with E-state index >= 15 is 0 Å². The van der Waals surface area contributed by atoms with E-state index in [-0.39, 0.29) is 5.82 Å². The van der Waals surface area contributed by atoms with Gasteiger partial charge in [0.05, 0.1) is 5.02 Å². The van der Waals surface area contributed by atoms with Gasteiger partial charge < -0.3 is 5.32 Å². The Bertz CT molecular complexity index is 361. The second-order valence-corrected chi connectivity index (χ2v) is 3.75. The molecule has 0 radical (unpaired) electrons. The van der Waals surface area contributed by atoms with E-state index in [2.05, 4.69) is 5.32 Å². The molecule has 0 heterocycles. The molecule has 0 saturated carbocycles. The molecule has 1 aromatic rings. The molecule has 0 spiro atoms. The van der Waals surface area contributed by atoms with Crippen LogP contribution in [0.3, 0.4) is 0 Å². The van der Waals surface area contributed by atoms with Gasteiger partial charge in [-0.3, -0.25) is 0 Å². The Morgan fingerprint density at radius 2 is 2.20 bits per heavy atom. The fourth-order valence-corrected chi connectivity index (χ4v) is 1.47. The molecule has 0 fully saturated rings. The number of hydrogen-bond donors (Lipinski definition) is 1. The predicted octanol–water partition coefficient (Wildman–Crippen LogP) is 3.41. The van der Waals surface area contributed by atoms with Crippen LogP contribution in [0.1, 0.15) is 17.5 Å². The van der Waals surface area contributed by atoms with Crippen molar-refractivity contribution < 1.29 is 4.39 Å². The molecule has 1 rings (SSSR count). The first-order chi connectivity index (χ1) is 7.16. The first-order valence-electron chi connectivity index (χ1n) is 4.92. The Balaban J connectivity index is 2.78. The molecule has 0 unspecified atom stereocenters. The van der Waals surface area contributed by atoms with Crippen molar-refractivity contribution in [2.45, 2.75) is 13.3 Å². The zero-order valence-electron chi connectivity index (χ0n) is 8.98. The third kappa shape index (κ3) is 3.33. The van der Waals surface area contributed by atoms with Crippen molar-refractivity contribution >= 4 is 17.7 Å². The van der Waals surface area contributed by atoms with Crippen molar-refractivity contribution in [1.29, 1.82) is 0 Å². The Kier molecular flexibility index (Phi) is 4.79. The van der Waals surface area contributed by atoms with Crippen molar-refractivity contribution in [1.82, 2.24) is 5.32 Å². The van der Waals surface area contributed by atoms with Crippen molar-refractivity contribution in [3.8, 4) is 0 Å². The number of benzene rings is 1. The normalized spacial score (nSPS) is 11.2. The van der Waals surface area contributed by atoms with Crippen molar-refractivity contribution in [2.24, 2.45) is 0 Å². The second-order valence-electron chi connectivity index (χ2n) is 3.37. The lowest BCUT2D eigenvalue weighted by Gasteiger charge is -2.03. The van der Waals surface area contributed by atoms with Crippen LogP contribution in [0.2, 0.25) is 5.02 Å². The van der Waals surface area contributed by atoms with Crippen LogP contribution in [0.4, 0.5) is 4.39 Å². The third-order valence-corrected chi connectivity index (χ3v) is 2.71.